The molecule has 76 valence electrons. The van der Waals surface area contributed by atoms with E-state index in [-0.39, 0.29) is 18.8 Å². The lowest BCUT2D eigenvalue weighted by Gasteiger charge is -2.30. The zero-order chi connectivity index (χ0) is 10.1. The maximum atomic E-state index is 11.2. The summed E-state index contributed by atoms with van der Waals surface area (Å²) in [6, 6.07) is 0. The number of sulfone groups is 1. The molecule has 0 aromatic heterocycles. The number of rotatable bonds is 1. The first-order valence-corrected chi connectivity index (χ1v) is 5.79. The number of nitrogens with zero attached hydrogens (tertiary/aromatic N) is 1. The van der Waals surface area contributed by atoms with Gasteiger partial charge in [-0.25, -0.2) is 8.42 Å². The molecule has 1 saturated heterocycles. The van der Waals surface area contributed by atoms with E-state index in [9.17, 15) is 13.2 Å². The minimum atomic E-state index is -3.01. The van der Waals surface area contributed by atoms with Crippen LogP contribution in [-0.4, -0.2) is 55.0 Å². The van der Waals surface area contributed by atoms with Gasteiger partial charge in [0, 0.05) is 13.1 Å². The fraction of sp³-hybridized carbons (Fsp3) is 0.857. The molecule has 0 bridgehead atoms. The molecule has 1 aliphatic heterocycles. The van der Waals surface area contributed by atoms with Crippen molar-refractivity contribution < 1.29 is 18.3 Å². The van der Waals surface area contributed by atoms with Gasteiger partial charge < -0.3 is 10.0 Å². The highest BCUT2D eigenvalue weighted by Gasteiger charge is 2.31. The highest BCUT2D eigenvalue weighted by Crippen LogP contribution is 2.11. The largest absolute Gasteiger partial charge is 0.387 e. The van der Waals surface area contributed by atoms with E-state index >= 15 is 0 Å². The summed E-state index contributed by atoms with van der Waals surface area (Å²) in [4.78, 5) is 12.4. The molecular weight excluding hydrogens is 194 g/mol. The van der Waals surface area contributed by atoms with Gasteiger partial charge in [-0.15, -0.1) is 0 Å². The number of carbonyl (C=O) groups is 1. The molecule has 1 amide bonds. The minimum absolute atomic E-state index is 0.0000926. The molecule has 1 atom stereocenters. The summed E-state index contributed by atoms with van der Waals surface area (Å²) >= 11 is 0. The molecule has 0 radical (unpaired) electrons. The summed E-state index contributed by atoms with van der Waals surface area (Å²) < 4.78 is 22.5. The average Bonchev–Trinajstić information content (AvgIpc) is 2.08. The lowest BCUT2D eigenvalue weighted by Crippen LogP contribution is -2.48. The van der Waals surface area contributed by atoms with Crippen LogP contribution in [0.5, 0.6) is 0 Å². The van der Waals surface area contributed by atoms with E-state index < -0.39 is 27.6 Å². The van der Waals surface area contributed by atoms with Crippen LogP contribution in [-0.2, 0) is 14.6 Å². The Kier molecular flexibility index (Phi) is 2.92. The minimum Gasteiger partial charge on any atom is -0.387 e. The zero-order valence-electron chi connectivity index (χ0n) is 7.43. The van der Waals surface area contributed by atoms with Gasteiger partial charge in [0.2, 0.25) is 5.91 Å². The van der Waals surface area contributed by atoms with Gasteiger partial charge in [0.1, 0.15) is 6.61 Å². The fourth-order valence-electron chi connectivity index (χ4n) is 1.28. The Morgan fingerprint density at radius 2 is 2.23 bits per heavy atom. The molecule has 1 aliphatic rings. The average molecular weight is 207 g/mol. The maximum Gasteiger partial charge on any atom is 0.248 e. The molecule has 1 N–H and O–H groups in total. The third-order valence-corrected chi connectivity index (χ3v) is 4.35. The normalized spacial score (nSPS) is 27.2. The highest BCUT2D eigenvalue weighted by molar-refractivity contribution is 7.92. The van der Waals surface area contributed by atoms with Gasteiger partial charge in [-0.3, -0.25) is 4.79 Å². The zero-order valence-corrected chi connectivity index (χ0v) is 8.25. The predicted octanol–water partition coefficient (Wildman–Crippen LogP) is -1.38. The summed E-state index contributed by atoms with van der Waals surface area (Å²) in [5.41, 5.74) is 0. The van der Waals surface area contributed by atoms with Crippen LogP contribution in [0.2, 0.25) is 0 Å². The second-order valence-corrected chi connectivity index (χ2v) is 5.71. The van der Waals surface area contributed by atoms with Crippen LogP contribution in [0.25, 0.3) is 0 Å². The first kappa shape index (κ1) is 10.5. The molecule has 0 aliphatic carbocycles. The molecule has 6 heteroatoms. The molecular formula is C7H13NO4S. The lowest BCUT2D eigenvalue weighted by atomic mass is 10.4. The third kappa shape index (κ3) is 2.19. The van der Waals surface area contributed by atoms with Gasteiger partial charge in [0.25, 0.3) is 0 Å². The quantitative estimate of drug-likeness (QED) is 0.575. The van der Waals surface area contributed by atoms with Crippen molar-refractivity contribution in [3.63, 3.8) is 0 Å². The highest BCUT2D eigenvalue weighted by atomic mass is 32.2. The van der Waals surface area contributed by atoms with E-state index in [0.717, 1.165) is 0 Å². The van der Waals surface area contributed by atoms with Crippen LogP contribution >= 0.6 is 0 Å². The van der Waals surface area contributed by atoms with Crippen LogP contribution in [0.1, 0.15) is 6.92 Å². The Morgan fingerprint density at radius 1 is 1.62 bits per heavy atom. The molecule has 1 fully saturated rings. The molecule has 1 rings (SSSR count). The van der Waals surface area contributed by atoms with Crippen LogP contribution in [0.3, 0.4) is 0 Å². The lowest BCUT2D eigenvalue weighted by molar-refractivity contribution is -0.134. The first-order chi connectivity index (χ1) is 5.97. The number of carbonyl (C=O) groups excluding carboxylic acids is 1. The van der Waals surface area contributed by atoms with Crippen molar-refractivity contribution in [2.75, 3.05) is 25.4 Å². The summed E-state index contributed by atoms with van der Waals surface area (Å²) in [6.07, 6.45) is 0. The predicted molar refractivity (Wildman–Crippen MR) is 46.9 cm³/mol. The third-order valence-electron chi connectivity index (χ3n) is 2.22. The number of hydrogen-bond donors (Lipinski definition) is 1. The number of aliphatic hydroxyl groups excluding tert-OH is 1. The van der Waals surface area contributed by atoms with E-state index in [1.165, 1.54) is 4.90 Å². The summed E-state index contributed by atoms with van der Waals surface area (Å²) in [5, 5.41) is 8.05. The summed E-state index contributed by atoms with van der Waals surface area (Å²) in [7, 11) is -3.01. The second kappa shape index (κ2) is 3.63. The van der Waals surface area contributed by atoms with Gasteiger partial charge in [-0.1, -0.05) is 0 Å². The van der Waals surface area contributed by atoms with Gasteiger partial charge in [-0.2, -0.15) is 0 Å². The molecule has 1 unspecified atom stereocenters. The molecule has 0 spiro atoms. The first-order valence-electron chi connectivity index (χ1n) is 4.07. The van der Waals surface area contributed by atoms with E-state index in [2.05, 4.69) is 0 Å². The smallest absolute Gasteiger partial charge is 0.248 e. The standard InChI is InChI=1S/C7H13NO4S/c1-6-4-8(7(10)5-9)2-3-13(6,11)12/h6,9H,2-5H2,1H3. The Balaban J connectivity index is 2.66. The van der Waals surface area contributed by atoms with Gasteiger partial charge in [0.15, 0.2) is 9.84 Å². The molecule has 0 aromatic rings. The van der Waals surface area contributed by atoms with Crippen LogP contribution in [0.15, 0.2) is 0 Å². The Hall–Kier alpha value is -0.620. The molecule has 1 heterocycles. The monoisotopic (exact) mass is 207 g/mol. The fourth-order valence-corrected chi connectivity index (χ4v) is 2.56. The number of amides is 1. The molecule has 0 saturated carbocycles. The summed E-state index contributed by atoms with van der Waals surface area (Å²) in [6.45, 7) is 1.42. The maximum absolute atomic E-state index is 11.2. The van der Waals surface area contributed by atoms with Crippen LogP contribution in [0, 0.1) is 0 Å². The van der Waals surface area contributed by atoms with Crippen molar-refractivity contribution in [1.29, 1.82) is 0 Å². The van der Waals surface area contributed by atoms with Gasteiger partial charge in [0.05, 0.1) is 11.0 Å². The van der Waals surface area contributed by atoms with Crippen molar-refractivity contribution in [3.8, 4) is 0 Å². The summed E-state index contributed by atoms with van der Waals surface area (Å²) in [5.74, 6) is -0.401. The van der Waals surface area contributed by atoms with Crippen molar-refractivity contribution >= 4 is 15.7 Å². The Morgan fingerprint density at radius 3 is 2.69 bits per heavy atom. The van der Waals surface area contributed by atoms with Crippen molar-refractivity contribution in [1.82, 2.24) is 4.90 Å². The molecule has 13 heavy (non-hydrogen) atoms. The second-order valence-electron chi connectivity index (χ2n) is 3.18. The van der Waals surface area contributed by atoms with Crippen LogP contribution in [0.4, 0.5) is 0 Å². The topological polar surface area (TPSA) is 74.7 Å². The number of aliphatic hydroxyl groups is 1. The van der Waals surface area contributed by atoms with Crippen LogP contribution < -0.4 is 0 Å². The molecule has 5 nitrogen and oxygen atoms in total. The Bertz CT molecular complexity index is 298. The van der Waals surface area contributed by atoms with E-state index in [1.807, 2.05) is 0 Å². The van der Waals surface area contributed by atoms with Crippen molar-refractivity contribution in [2.45, 2.75) is 12.2 Å². The van der Waals surface area contributed by atoms with Gasteiger partial charge in [-0.05, 0) is 6.92 Å². The van der Waals surface area contributed by atoms with E-state index in [1.54, 1.807) is 6.92 Å². The van der Waals surface area contributed by atoms with Crippen molar-refractivity contribution in [3.05, 3.63) is 0 Å². The number of hydrogen-bond acceptors (Lipinski definition) is 4. The van der Waals surface area contributed by atoms with Gasteiger partial charge >= 0.3 is 0 Å². The van der Waals surface area contributed by atoms with Crippen molar-refractivity contribution in [2.24, 2.45) is 0 Å². The molecule has 0 aromatic carbocycles. The van der Waals surface area contributed by atoms with E-state index in [0.29, 0.717) is 0 Å². The van der Waals surface area contributed by atoms with E-state index in [4.69, 9.17) is 5.11 Å². The SMILES string of the molecule is CC1CN(C(=O)CO)CCS1(=O)=O. The Labute approximate surface area is 77.3 Å².